The van der Waals surface area contributed by atoms with E-state index in [2.05, 4.69) is 19.1 Å². The normalized spacial score (nSPS) is 17.5. The van der Waals surface area contributed by atoms with Gasteiger partial charge in [-0.05, 0) is 62.3 Å². The molecule has 0 unspecified atom stereocenters. The summed E-state index contributed by atoms with van der Waals surface area (Å²) in [7, 11) is 3.96. The number of nitrogens with zero attached hydrogens (tertiary/aromatic N) is 2. The molecule has 6 heteroatoms. The van der Waals surface area contributed by atoms with Crippen LogP contribution in [0.25, 0.3) is 0 Å². The van der Waals surface area contributed by atoms with Crippen LogP contribution >= 0.6 is 11.6 Å². The molecular formula is C25H33ClN2O3. The summed E-state index contributed by atoms with van der Waals surface area (Å²) in [5.41, 5.74) is 3.26. The molecule has 5 nitrogen and oxygen atoms in total. The van der Waals surface area contributed by atoms with Gasteiger partial charge in [0, 0.05) is 43.9 Å². The summed E-state index contributed by atoms with van der Waals surface area (Å²) in [6.45, 7) is 3.93. The van der Waals surface area contributed by atoms with Crippen LogP contribution in [0.5, 0.6) is 5.75 Å². The quantitative estimate of drug-likeness (QED) is 0.608. The molecule has 1 aliphatic rings. The van der Waals surface area contributed by atoms with Gasteiger partial charge in [0.15, 0.2) is 0 Å². The first-order valence-electron chi connectivity index (χ1n) is 10.9. The van der Waals surface area contributed by atoms with Crippen molar-refractivity contribution in [3.63, 3.8) is 0 Å². The third-order valence-electron chi connectivity index (χ3n) is 5.70. The molecule has 2 aromatic rings. The Morgan fingerprint density at radius 3 is 2.48 bits per heavy atom. The highest BCUT2D eigenvalue weighted by Crippen LogP contribution is 2.37. The van der Waals surface area contributed by atoms with E-state index in [0.717, 1.165) is 35.7 Å². The van der Waals surface area contributed by atoms with Gasteiger partial charge in [-0.2, -0.15) is 0 Å². The van der Waals surface area contributed by atoms with Gasteiger partial charge < -0.3 is 19.6 Å². The van der Waals surface area contributed by atoms with Gasteiger partial charge in [-0.15, -0.1) is 0 Å². The Labute approximate surface area is 190 Å². The van der Waals surface area contributed by atoms with Gasteiger partial charge in [0.25, 0.3) is 0 Å². The summed E-state index contributed by atoms with van der Waals surface area (Å²) in [5, 5.41) is 10.0. The fraction of sp³-hybridized carbons (Fsp3) is 0.480. The number of amides is 1. The molecule has 0 aromatic heterocycles. The zero-order chi connectivity index (χ0) is 22.4. The predicted molar refractivity (Wildman–Crippen MR) is 125 cm³/mol. The van der Waals surface area contributed by atoms with E-state index < -0.39 is 0 Å². The molecule has 0 saturated carbocycles. The van der Waals surface area contributed by atoms with Crippen LogP contribution in [-0.2, 0) is 24.1 Å². The maximum Gasteiger partial charge on any atom is 0.223 e. The zero-order valence-corrected chi connectivity index (χ0v) is 19.5. The first-order chi connectivity index (χ1) is 14.8. The maximum absolute atomic E-state index is 12.6. The lowest BCUT2D eigenvalue weighted by Gasteiger charge is -2.24. The highest BCUT2D eigenvalue weighted by Gasteiger charge is 2.35. The summed E-state index contributed by atoms with van der Waals surface area (Å²) >= 11 is 6.00. The molecule has 1 N–H and O–H groups in total. The summed E-state index contributed by atoms with van der Waals surface area (Å²) in [5.74, 6) is 1.01. The van der Waals surface area contributed by atoms with Crippen molar-refractivity contribution >= 4 is 17.5 Å². The number of hydrogen-bond acceptors (Lipinski definition) is 4. The summed E-state index contributed by atoms with van der Waals surface area (Å²) in [6, 6.07) is 14.2. The Hall–Kier alpha value is -2.08. The molecule has 0 bridgehead atoms. The number of likely N-dealkylation sites (N-methyl/N-ethyl adjacent to an activating group) is 1. The molecule has 1 amide bonds. The first kappa shape index (κ1) is 23.6. The van der Waals surface area contributed by atoms with Gasteiger partial charge in [-0.3, -0.25) is 4.79 Å². The number of hydrogen-bond donors (Lipinski definition) is 1. The second-order valence-corrected chi connectivity index (χ2v) is 9.32. The predicted octanol–water partition coefficient (Wildman–Crippen LogP) is 3.59. The van der Waals surface area contributed by atoms with Gasteiger partial charge in [0.05, 0.1) is 6.61 Å². The second kappa shape index (κ2) is 10.5. The van der Waals surface area contributed by atoms with Crippen LogP contribution in [0.3, 0.4) is 0 Å². The van der Waals surface area contributed by atoms with E-state index >= 15 is 0 Å². The van der Waals surface area contributed by atoms with E-state index in [1.165, 1.54) is 11.1 Å². The SMILES string of the molecule is CN(C)CCN(CCO)C(=O)CCc1ccc2c(c1)C[C@@](C)(Cc1ccc(Cl)cc1)O2. The Kier molecular flexibility index (Phi) is 7.98. The van der Waals surface area contributed by atoms with E-state index in [1.807, 2.05) is 49.3 Å². The lowest BCUT2D eigenvalue weighted by Crippen LogP contribution is -2.38. The minimum absolute atomic E-state index is 0.0123. The van der Waals surface area contributed by atoms with E-state index in [1.54, 1.807) is 4.90 Å². The monoisotopic (exact) mass is 444 g/mol. The van der Waals surface area contributed by atoms with Crippen LogP contribution in [0.1, 0.15) is 30.0 Å². The van der Waals surface area contributed by atoms with Crippen molar-refractivity contribution in [3.8, 4) is 5.75 Å². The molecule has 0 spiro atoms. The Bertz CT molecular complexity index is 885. The Morgan fingerprint density at radius 1 is 1.10 bits per heavy atom. The molecule has 1 atom stereocenters. The van der Waals surface area contributed by atoms with E-state index in [4.69, 9.17) is 16.3 Å². The van der Waals surface area contributed by atoms with E-state index in [-0.39, 0.29) is 18.1 Å². The molecule has 0 saturated heterocycles. The Balaban J connectivity index is 1.58. The summed E-state index contributed by atoms with van der Waals surface area (Å²) in [6.07, 6.45) is 2.78. The first-order valence-corrected chi connectivity index (χ1v) is 11.2. The van der Waals surface area contributed by atoms with Gasteiger partial charge in [0.2, 0.25) is 5.91 Å². The molecule has 168 valence electrons. The van der Waals surface area contributed by atoms with Gasteiger partial charge in [-0.1, -0.05) is 35.9 Å². The number of fused-ring (bicyclic) bond motifs is 1. The number of aryl methyl sites for hydroxylation is 1. The van der Waals surface area contributed by atoms with Crippen LogP contribution in [0.15, 0.2) is 42.5 Å². The number of carbonyl (C=O) groups is 1. The van der Waals surface area contributed by atoms with Gasteiger partial charge in [0.1, 0.15) is 11.4 Å². The van der Waals surface area contributed by atoms with Crippen molar-refractivity contribution in [2.24, 2.45) is 0 Å². The second-order valence-electron chi connectivity index (χ2n) is 8.88. The highest BCUT2D eigenvalue weighted by molar-refractivity contribution is 6.30. The smallest absolute Gasteiger partial charge is 0.223 e. The van der Waals surface area contributed by atoms with E-state index in [9.17, 15) is 9.90 Å². The van der Waals surface area contributed by atoms with Crippen molar-refractivity contribution in [1.29, 1.82) is 0 Å². The van der Waals surface area contributed by atoms with Gasteiger partial charge >= 0.3 is 0 Å². The lowest BCUT2D eigenvalue weighted by molar-refractivity contribution is -0.131. The number of carbonyl (C=O) groups excluding carboxylic acids is 1. The Morgan fingerprint density at radius 2 is 1.81 bits per heavy atom. The average molecular weight is 445 g/mol. The van der Waals surface area contributed by atoms with Crippen molar-refractivity contribution in [2.45, 2.75) is 38.2 Å². The summed E-state index contributed by atoms with van der Waals surface area (Å²) < 4.78 is 6.29. The number of benzene rings is 2. The largest absolute Gasteiger partial charge is 0.487 e. The van der Waals surface area contributed by atoms with Crippen LogP contribution in [-0.4, -0.2) is 66.8 Å². The molecule has 31 heavy (non-hydrogen) atoms. The molecule has 0 aliphatic carbocycles. The zero-order valence-electron chi connectivity index (χ0n) is 18.7. The number of aliphatic hydroxyl groups is 1. The van der Waals surface area contributed by atoms with Crippen molar-refractivity contribution in [1.82, 2.24) is 9.80 Å². The highest BCUT2D eigenvalue weighted by atomic mass is 35.5. The molecular weight excluding hydrogens is 412 g/mol. The minimum atomic E-state index is -0.283. The third kappa shape index (κ3) is 6.70. The van der Waals surface area contributed by atoms with Crippen LogP contribution in [0.2, 0.25) is 5.02 Å². The van der Waals surface area contributed by atoms with Crippen LogP contribution < -0.4 is 4.74 Å². The van der Waals surface area contributed by atoms with Crippen molar-refractivity contribution in [3.05, 3.63) is 64.2 Å². The van der Waals surface area contributed by atoms with Crippen LogP contribution in [0, 0.1) is 0 Å². The number of halogens is 1. The number of rotatable bonds is 10. The minimum Gasteiger partial charge on any atom is -0.487 e. The molecule has 0 radical (unpaired) electrons. The van der Waals surface area contributed by atoms with Crippen LogP contribution in [0.4, 0.5) is 0 Å². The number of ether oxygens (including phenoxy) is 1. The maximum atomic E-state index is 12.6. The number of aliphatic hydroxyl groups excluding tert-OH is 1. The molecule has 3 rings (SSSR count). The molecule has 1 heterocycles. The topological polar surface area (TPSA) is 53.0 Å². The fourth-order valence-electron chi connectivity index (χ4n) is 4.08. The molecule has 0 fully saturated rings. The van der Waals surface area contributed by atoms with Crippen molar-refractivity contribution < 1.29 is 14.6 Å². The van der Waals surface area contributed by atoms with Crippen molar-refractivity contribution in [2.75, 3.05) is 40.3 Å². The average Bonchev–Trinajstić information content (AvgIpc) is 3.05. The molecule has 2 aromatic carbocycles. The van der Waals surface area contributed by atoms with Gasteiger partial charge in [-0.25, -0.2) is 0 Å². The third-order valence-corrected chi connectivity index (χ3v) is 5.96. The standard InChI is InChI=1S/C25H33ClN2O3/c1-25(17-20-4-8-22(26)9-5-20)18-21-16-19(6-10-23(21)31-25)7-11-24(30)28(14-15-29)13-12-27(2)3/h4-6,8-10,16,29H,7,11-15,17-18H2,1-3H3/t25-/m1/s1. The fourth-order valence-corrected chi connectivity index (χ4v) is 4.20. The van der Waals surface area contributed by atoms with E-state index in [0.29, 0.717) is 25.9 Å². The lowest BCUT2D eigenvalue weighted by atomic mass is 9.91. The summed E-state index contributed by atoms with van der Waals surface area (Å²) in [4.78, 5) is 16.4. The molecule has 1 aliphatic heterocycles.